The van der Waals surface area contributed by atoms with Crippen molar-refractivity contribution in [3.63, 3.8) is 0 Å². The molecular weight excluding hydrogens is 136 g/mol. The molecule has 1 aliphatic rings. The first-order valence-electron chi connectivity index (χ1n) is 4.81. The van der Waals surface area contributed by atoms with Crippen LogP contribution in [-0.4, -0.2) is 11.7 Å². The van der Waals surface area contributed by atoms with E-state index in [0.717, 1.165) is 17.8 Å². The number of aliphatic hydroxyl groups is 1. The van der Waals surface area contributed by atoms with Crippen molar-refractivity contribution in [3.05, 3.63) is 0 Å². The van der Waals surface area contributed by atoms with Crippen molar-refractivity contribution in [3.8, 4) is 0 Å². The van der Waals surface area contributed by atoms with E-state index in [9.17, 15) is 0 Å². The minimum absolute atomic E-state index is 0.393. The second kappa shape index (κ2) is 3.57. The third-order valence-corrected chi connectivity index (χ3v) is 3.44. The van der Waals surface area contributed by atoms with Crippen LogP contribution < -0.4 is 0 Å². The van der Waals surface area contributed by atoms with Gasteiger partial charge in [0.05, 0.1) is 0 Å². The Morgan fingerprint density at radius 1 is 1.18 bits per heavy atom. The molecule has 1 saturated carbocycles. The molecule has 0 aliphatic heterocycles. The van der Waals surface area contributed by atoms with Gasteiger partial charge in [0, 0.05) is 6.61 Å². The first-order chi connectivity index (χ1) is 5.20. The summed E-state index contributed by atoms with van der Waals surface area (Å²) in [5, 5.41) is 9.16. The van der Waals surface area contributed by atoms with Crippen LogP contribution in [-0.2, 0) is 0 Å². The third-order valence-electron chi connectivity index (χ3n) is 3.44. The summed E-state index contributed by atoms with van der Waals surface area (Å²) in [6.07, 6.45) is 2.54. The van der Waals surface area contributed by atoms with E-state index in [0.29, 0.717) is 12.5 Å². The van der Waals surface area contributed by atoms with Gasteiger partial charge in [-0.05, 0) is 30.1 Å². The van der Waals surface area contributed by atoms with Gasteiger partial charge in [-0.25, -0.2) is 0 Å². The fourth-order valence-corrected chi connectivity index (χ4v) is 2.80. The Labute approximate surface area is 69.8 Å². The van der Waals surface area contributed by atoms with E-state index in [4.69, 9.17) is 5.11 Å². The zero-order valence-electron chi connectivity index (χ0n) is 7.88. The molecule has 0 unspecified atom stereocenters. The topological polar surface area (TPSA) is 20.2 Å². The van der Waals surface area contributed by atoms with E-state index >= 15 is 0 Å². The molecule has 1 aliphatic carbocycles. The molecule has 4 atom stereocenters. The molecule has 1 N–H and O–H groups in total. The van der Waals surface area contributed by atoms with E-state index in [1.165, 1.54) is 12.8 Å². The molecule has 0 radical (unpaired) electrons. The van der Waals surface area contributed by atoms with Crippen LogP contribution in [0.4, 0.5) is 0 Å². The van der Waals surface area contributed by atoms with Crippen LogP contribution in [0.25, 0.3) is 0 Å². The fraction of sp³-hybridized carbons (Fsp3) is 1.00. The monoisotopic (exact) mass is 156 g/mol. The van der Waals surface area contributed by atoms with Crippen molar-refractivity contribution in [1.82, 2.24) is 0 Å². The van der Waals surface area contributed by atoms with Crippen LogP contribution in [0.2, 0.25) is 0 Å². The normalized spacial score (nSPS) is 44.7. The summed E-state index contributed by atoms with van der Waals surface area (Å²) in [5.41, 5.74) is 0. The highest BCUT2D eigenvalue weighted by molar-refractivity contribution is 4.85. The lowest BCUT2D eigenvalue weighted by Gasteiger charge is -2.20. The highest BCUT2D eigenvalue weighted by Crippen LogP contribution is 2.42. The third kappa shape index (κ3) is 1.58. The minimum Gasteiger partial charge on any atom is -0.396 e. The van der Waals surface area contributed by atoms with Crippen molar-refractivity contribution in [2.24, 2.45) is 23.7 Å². The van der Waals surface area contributed by atoms with Gasteiger partial charge in [-0.3, -0.25) is 0 Å². The van der Waals surface area contributed by atoms with Crippen LogP contribution in [0.5, 0.6) is 0 Å². The van der Waals surface area contributed by atoms with Gasteiger partial charge < -0.3 is 5.11 Å². The first kappa shape index (κ1) is 9.05. The lowest BCUT2D eigenvalue weighted by atomic mass is 9.87. The van der Waals surface area contributed by atoms with Crippen LogP contribution >= 0.6 is 0 Å². The molecule has 1 rings (SSSR count). The zero-order valence-corrected chi connectivity index (χ0v) is 7.88. The SMILES string of the molecule is CC[C@H]1[C@H](CO)[C@H](C)C[C@@H]1C. The fourth-order valence-electron chi connectivity index (χ4n) is 2.80. The van der Waals surface area contributed by atoms with E-state index in [1.54, 1.807) is 0 Å². The van der Waals surface area contributed by atoms with Gasteiger partial charge in [0.1, 0.15) is 0 Å². The molecule has 0 saturated heterocycles. The van der Waals surface area contributed by atoms with E-state index in [-0.39, 0.29) is 0 Å². The Morgan fingerprint density at radius 3 is 2.09 bits per heavy atom. The van der Waals surface area contributed by atoms with E-state index in [1.807, 2.05) is 0 Å². The predicted molar refractivity (Wildman–Crippen MR) is 47.3 cm³/mol. The summed E-state index contributed by atoms with van der Waals surface area (Å²) < 4.78 is 0. The summed E-state index contributed by atoms with van der Waals surface area (Å²) in [7, 11) is 0. The Hall–Kier alpha value is -0.0400. The van der Waals surface area contributed by atoms with E-state index < -0.39 is 0 Å². The van der Waals surface area contributed by atoms with Crippen LogP contribution in [0.3, 0.4) is 0 Å². The number of aliphatic hydroxyl groups excluding tert-OH is 1. The van der Waals surface area contributed by atoms with Gasteiger partial charge in [0.2, 0.25) is 0 Å². The lowest BCUT2D eigenvalue weighted by Crippen LogP contribution is -2.18. The quantitative estimate of drug-likeness (QED) is 0.650. The van der Waals surface area contributed by atoms with Crippen LogP contribution in [0.1, 0.15) is 33.6 Å². The molecule has 0 amide bonds. The maximum atomic E-state index is 9.16. The van der Waals surface area contributed by atoms with Gasteiger partial charge in [-0.15, -0.1) is 0 Å². The Morgan fingerprint density at radius 2 is 1.73 bits per heavy atom. The molecule has 1 nitrogen and oxygen atoms in total. The number of hydrogen-bond donors (Lipinski definition) is 1. The van der Waals surface area contributed by atoms with Gasteiger partial charge >= 0.3 is 0 Å². The largest absolute Gasteiger partial charge is 0.396 e. The predicted octanol–water partition coefficient (Wildman–Crippen LogP) is 2.30. The van der Waals surface area contributed by atoms with Gasteiger partial charge in [-0.2, -0.15) is 0 Å². The zero-order chi connectivity index (χ0) is 8.43. The molecule has 1 heteroatoms. The van der Waals surface area contributed by atoms with Crippen molar-refractivity contribution in [1.29, 1.82) is 0 Å². The average molecular weight is 156 g/mol. The molecule has 0 spiro atoms. The first-order valence-corrected chi connectivity index (χ1v) is 4.81. The Balaban J connectivity index is 2.59. The van der Waals surface area contributed by atoms with Gasteiger partial charge in [0.15, 0.2) is 0 Å². The molecule has 0 aromatic heterocycles. The second-order valence-electron chi connectivity index (χ2n) is 4.11. The smallest absolute Gasteiger partial charge is 0.0464 e. The van der Waals surface area contributed by atoms with Crippen LogP contribution in [0.15, 0.2) is 0 Å². The van der Waals surface area contributed by atoms with Gasteiger partial charge in [-0.1, -0.05) is 27.2 Å². The highest BCUT2D eigenvalue weighted by Gasteiger charge is 2.36. The molecule has 0 heterocycles. The van der Waals surface area contributed by atoms with Gasteiger partial charge in [0.25, 0.3) is 0 Å². The molecule has 1 fully saturated rings. The van der Waals surface area contributed by atoms with Crippen molar-refractivity contribution in [2.45, 2.75) is 33.6 Å². The number of hydrogen-bond acceptors (Lipinski definition) is 1. The number of rotatable bonds is 2. The maximum Gasteiger partial charge on any atom is 0.0464 e. The molecule has 66 valence electrons. The molecule has 11 heavy (non-hydrogen) atoms. The van der Waals surface area contributed by atoms with E-state index in [2.05, 4.69) is 20.8 Å². The summed E-state index contributed by atoms with van der Waals surface area (Å²) in [6.45, 7) is 7.22. The minimum atomic E-state index is 0.393. The van der Waals surface area contributed by atoms with Crippen LogP contribution in [0, 0.1) is 23.7 Å². The summed E-state index contributed by atoms with van der Waals surface area (Å²) in [4.78, 5) is 0. The molecular formula is C10H20O. The lowest BCUT2D eigenvalue weighted by molar-refractivity contribution is 0.156. The Bertz CT molecular complexity index is 108. The van der Waals surface area contributed by atoms with Crippen molar-refractivity contribution in [2.75, 3.05) is 6.61 Å². The standard InChI is InChI=1S/C10H20O/c1-4-9-7(2)5-8(3)10(9)6-11/h7-11H,4-6H2,1-3H3/t7-,8+,9+,10+/m0/s1. The molecule has 0 aromatic rings. The van der Waals surface area contributed by atoms with Crippen molar-refractivity contribution >= 4 is 0 Å². The summed E-state index contributed by atoms with van der Waals surface area (Å²) in [6, 6.07) is 0. The Kier molecular flexibility index (Phi) is 2.94. The second-order valence-corrected chi connectivity index (χ2v) is 4.11. The molecule has 0 aromatic carbocycles. The molecule has 0 bridgehead atoms. The summed E-state index contributed by atoms with van der Waals surface area (Å²) >= 11 is 0. The summed E-state index contributed by atoms with van der Waals surface area (Å²) in [5.74, 6) is 2.91. The maximum absolute atomic E-state index is 9.16. The highest BCUT2D eigenvalue weighted by atomic mass is 16.3. The van der Waals surface area contributed by atoms with Crippen molar-refractivity contribution < 1.29 is 5.11 Å². The average Bonchev–Trinajstić information content (AvgIpc) is 2.24.